The molecule has 0 atom stereocenters. The Morgan fingerprint density at radius 1 is 1.05 bits per heavy atom. The molecule has 19 heavy (non-hydrogen) atoms. The van der Waals surface area contributed by atoms with Gasteiger partial charge in [0.2, 0.25) is 0 Å². The lowest BCUT2D eigenvalue weighted by Crippen LogP contribution is -2.32. The van der Waals surface area contributed by atoms with E-state index in [2.05, 4.69) is 0 Å². The van der Waals surface area contributed by atoms with Crippen LogP contribution in [0.1, 0.15) is 20.7 Å². The van der Waals surface area contributed by atoms with Crippen molar-refractivity contribution in [3.8, 4) is 0 Å². The van der Waals surface area contributed by atoms with Crippen molar-refractivity contribution in [2.45, 2.75) is 0 Å². The summed E-state index contributed by atoms with van der Waals surface area (Å²) in [5.41, 5.74) is 0.588. The van der Waals surface area contributed by atoms with E-state index in [-0.39, 0.29) is 10.6 Å². The number of amides is 2. The summed E-state index contributed by atoms with van der Waals surface area (Å²) in [6, 6.07) is 5.93. The van der Waals surface area contributed by atoms with E-state index >= 15 is 0 Å². The number of carbonyl (C=O) groups excluding carboxylic acids is 2. The number of nitrogens with zero attached hydrogens (tertiary/aromatic N) is 1. The van der Waals surface area contributed by atoms with E-state index in [1.54, 1.807) is 0 Å². The Labute approximate surface area is 119 Å². The standard InChI is InChI=1S/C13H9Cl2NO3/c1-16(13(18)9-4-5-19-7-9)12(17)8-2-3-10(14)11(15)6-8/h2-7H,1H3. The first-order valence-electron chi connectivity index (χ1n) is 5.30. The van der Waals surface area contributed by atoms with Crippen molar-refractivity contribution in [2.24, 2.45) is 0 Å². The largest absolute Gasteiger partial charge is 0.472 e. The zero-order valence-electron chi connectivity index (χ0n) is 9.89. The van der Waals surface area contributed by atoms with Crippen LogP contribution in [0.5, 0.6) is 0 Å². The second-order valence-electron chi connectivity index (χ2n) is 3.81. The Hall–Kier alpha value is -1.78. The molecule has 0 radical (unpaired) electrons. The van der Waals surface area contributed by atoms with E-state index < -0.39 is 11.8 Å². The molecule has 0 aliphatic carbocycles. The Kier molecular flexibility index (Phi) is 3.93. The fourth-order valence-corrected chi connectivity index (χ4v) is 1.79. The number of halogens is 2. The molecular weight excluding hydrogens is 289 g/mol. The molecule has 1 aromatic carbocycles. The zero-order chi connectivity index (χ0) is 14.0. The summed E-state index contributed by atoms with van der Waals surface area (Å²) in [4.78, 5) is 25.1. The van der Waals surface area contributed by atoms with E-state index in [0.717, 1.165) is 4.90 Å². The van der Waals surface area contributed by atoms with Crippen LogP contribution in [0.3, 0.4) is 0 Å². The molecule has 2 aromatic rings. The average Bonchev–Trinajstić information content (AvgIpc) is 2.93. The van der Waals surface area contributed by atoms with Gasteiger partial charge in [-0.1, -0.05) is 23.2 Å². The molecule has 0 saturated heterocycles. The lowest BCUT2D eigenvalue weighted by Gasteiger charge is -2.14. The SMILES string of the molecule is CN(C(=O)c1ccoc1)C(=O)c1ccc(Cl)c(Cl)c1. The van der Waals surface area contributed by atoms with Crippen LogP contribution in [0.25, 0.3) is 0 Å². The van der Waals surface area contributed by atoms with Crippen LogP contribution < -0.4 is 0 Å². The third kappa shape index (κ3) is 2.80. The van der Waals surface area contributed by atoms with Gasteiger partial charge in [-0.15, -0.1) is 0 Å². The number of furan rings is 1. The predicted molar refractivity (Wildman–Crippen MR) is 71.6 cm³/mol. The van der Waals surface area contributed by atoms with Gasteiger partial charge < -0.3 is 4.42 Å². The summed E-state index contributed by atoms with van der Waals surface area (Å²) in [7, 11) is 1.39. The Morgan fingerprint density at radius 2 is 1.74 bits per heavy atom. The molecule has 0 N–H and O–H groups in total. The highest BCUT2D eigenvalue weighted by atomic mass is 35.5. The average molecular weight is 298 g/mol. The van der Waals surface area contributed by atoms with Crippen LogP contribution in [0.2, 0.25) is 10.0 Å². The number of benzene rings is 1. The highest BCUT2D eigenvalue weighted by Crippen LogP contribution is 2.23. The molecule has 1 aromatic heterocycles. The second-order valence-corrected chi connectivity index (χ2v) is 4.62. The molecule has 0 unspecified atom stereocenters. The quantitative estimate of drug-likeness (QED) is 0.797. The number of hydrogen-bond donors (Lipinski definition) is 0. The summed E-state index contributed by atoms with van der Waals surface area (Å²) in [6.07, 6.45) is 2.64. The molecule has 0 aliphatic heterocycles. The van der Waals surface area contributed by atoms with E-state index in [0.29, 0.717) is 10.6 Å². The van der Waals surface area contributed by atoms with Gasteiger partial charge in [0.15, 0.2) is 0 Å². The van der Waals surface area contributed by atoms with E-state index in [4.69, 9.17) is 27.6 Å². The van der Waals surface area contributed by atoms with Crippen molar-refractivity contribution in [2.75, 3.05) is 7.05 Å². The van der Waals surface area contributed by atoms with E-state index in [1.165, 1.54) is 43.8 Å². The molecule has 2 rings (SSSR count). The van der Waals surface area contributed by atoms with Gasteiger partial charge in [-0.05, 0) is 24.3 Å². The zero-order valence-corrected chi connectivity index (χ0v) is 11.4. The fraction of sp³-hybridized carbons (Fsp3) is 0.0769. The number of rotatable bonds is 2. The summed E-state index contributed by atoms with van der Waals surface area (Å²) < 4.78 is 4.81. The highest BCUT2D eigenvalue weighted by Gasteiger charge is 2.21. The third-order valence-corrected chi connectivity index (χ3v) is 3.28. The lowest BCUT2D eigenvalue weighted by atomic mass is 10.2. The van der Waals surface area contributed by atoms with Gasteiger partial charge in [-0.25, -0.2) is 0 Å². The summed E-state index contributed by atoms with van der Waals surface area (Å²) in [5, 5.41) is 0.610. The van der Waals surface area contributed by atoms with Crippen LogP contribution in [0.4, 0.5) is 0 Å². The Balaban J connectivity index is 2.24. The third-order valence-electron chi connectivity index (χ3n) is 2.54. The van der Waals surface area contributed by atoms with Gasteiger partial charge in [-0.3, -0.25) is 14.5 Å². The van der Waals surface area contributed by atoms with Crippen molar-refractivity contribution in [3.63, 3.8) is 0 Å². The minimum atomic E-state index is -0.468. The topological polar surface area (TPSA) is 50.5 Å². The maximum Gasteiger partial charge on any atom is 0.263 e. The van der Waals surface area contributed by atoms with Gasteiger partial charge >= 0.3 is 0 Å². The minimum absolute atomic E-state index is 0.261. The van der Waals surface area contributed by atoms with Crippen molar-refractivity contribution in [1.82, 2.24) is 4.90 Å². The Morgan fingerprint density at radius 3 is 2.32 bits per heavy atom. The summed E-state index contributed by atoms with van der Waals surface area (Å²) >= 11 is 11.6. The van der Waals surface area contributed by atoms with E-state index in [9.17, 15) is 9.59 Å². The molecule has 0 aliphatic rings. The Bertz CT molecular complexity index is 623. The number of carbonyl (C=O) groups is 2. The molecule has 0 spiro atoms. The van der Waals surface area contributed by atoms with Crippen LogP contribution in [0, 0.1) is 0 Å². The van der Waals surface area contributed by atoms with Gasteiger partial charge in [0, 0.05) is 12.6 Å². The van der Waals surface area contributed by atoms with Crippen molar-refractivity contribution < 1.29 is 14.0 Å². The smallest absolute Gasteiger partial charge is 0.263 e. The van der Waals surface area contributed by atoms with Crippen LogP contribution in [0.15, 0.2) is 41.2 Å². The van der Waals surface area contributed by atoms with Crippen molar-refractivity contribution in [1.29, 1.82) is 0 Å². The molecule has 0 fully saturated rings. The summed E-state index contributed by atoms with van der Waals surface area (Å²) in [6.45, 7) is 0. The molecule has 98 valence electrons. The van der Waals surface area contributed by atoms with Gasteiger partial charge in [0.05, 0.1) is 21.9 Å². The van der Waals surface area contributed by atoms with Gasteiger partial charge in [0.25, 0.3) is 11.8 Å². The summed E-state index contributed by atoms with van der Waals surface area (Å²) in [5.74, 6) is -0.922. The number of hydrogen-bond acceptors (Lipinski definition) is 3. The molecule has 0 saturated carbocycles. The fourth-order valence-electron chi connectivity index (χ4n) is 1.49. The maximum absolute atomic E-state index is 12.1. The van der Waals surface area contributed by atoms with Crippen LogP contribution in [-0.2, 0) is 0 Å². The van der Waals surface area contributed by atoms with Crippen LogP contribution in [-0.4, -0.2) is 23.8 Å². The van der Waals surface area contributed by atoms with Crippen LogP contribution >= 0.6 is 23.2 Å². The first-order chi connectivity index (χ1) is 9.00. The van der Waals surface area contributed by atoms with Crippen molar-refractivity contribution in [3.05, 3.63) is 58.0 Å². The monoisotopic (exact) mass is 297 g/mol. The maximum atomic E-state index is 12.1. The minimum Gasteiger partial charge on any atom is -0.472 e. The molecule has 0 bridgehead atoms. The second kappa shape index (κ2) is 5.47. The molecular formula is C13H9Cl2NO3. The van der Waals surface area contributed by atoms with Gasteiger partial charge in [-0.2, -0.15) is 0 Å². The molecule has 1 heterocycles. The number of imide groups is 1. The molecule has 2 amide bonds. The predicted octanol–water partition coefficient (Wildman–Crippen LogP) is 3.50. The lowest BCUT2D eigenvalue weighted by molar-refractivity contribution is 0.0655. The first kappa shape index (κ1) is 13.6. The first-order valence-corrected chi connectivity index (χ1v) is 6.06. The van der Waals surface area contributed by atoms with E-state index in [1.807, 2.05) is 0 Å². The highest BCUT2D eigenvalue weighted by molar-refractivity contribution is 6.42. The molecule has 6 heteroatoms. The normalized spacial score (nSPS) is 10.3. The molecule has 4 nitrogen and oxygen atoms in total. The van der Waals surface area contributed by atoms with Crippen molar-refractivity contribution >= 4 is 35.0 Å². The van der Waals surface area contributed by atoms with Gasteiger partial charge in [0.1, 0.15) is 6.26 Å².